The van der Waals surface area contributed by atoms with Crippen LogP contribution in [0.15, 0.2) is 188 Å². The molecule has 2 unspecified atom stereocenters. The van der Waals surface area contributed by atoms with Crippen molar-refractivity contribution < 1.29 is 4.74 Å². The lowest BCUT2D eigenvalue weighted by atomic mass is 9.61. The van der Waals surface area contributed by atoms with Crippen molar-refractivity contribution in [2.24, 2.45) is 0 Å². The summed E-state index contributed by atoms with van der Waals surface area (Å²) in [6.07, 6.45) is 7.86. The Morgan fingerprint density at radius 3 is 2.23 bits per heavy atom. The molecule has 1 aliphatic carbocycles. The predicted molar refractivity (Wildman–Crippen MR) is 230 cm³/mol. The summed E-state index contributed by atoms with van der Waals surface area (Å²) in [5.74, 6) is 1.80. The summed E-state index contributed by atoms with van der Waals surface area (Å²) in [5.41, 5.74) is 15.6. The maximum absolute atomic E-state index is 7.06. The Hall–Kier alpha value is -7.10. The zero-order chi connectivity index (χ0) is 36.5. The van der Waals surface area contributed by atoms with Crippen LogP contribution in [-0.4, -0.2) is 10.6 Å². The highest BCUT2D eigenvalue weighted by Gasteiger charge is 2.54. The van der Waals surface area contributed by atoms with E-state index in [0.29, 0.717) is 0 Å². The summed E-state index contributed by atoms with van der Waals surface area (Å²) in [6.45, 7) is 0. The molecule has 0 fully saturated rings. The van der Waals surface area contributed by atoms with Gasteiger partial charge in [-0.15, -0.1) is 0 Å². The van der Waals surface area contributed by atoms with Crippen molar-refractivity contribution >= 4 is 49.5 Å². The Labute approximate surface area is 324 Å². The van der Waals surface area contributed by atoms with Crippen molar-refractivity contribution in [3.63, 3.8) is 0 Å². The van der Waals surface area contributed by atoms with Gasteiger partial charge < -0.3 is 14.2 Å². The number of fused-ring (bicyclic) bond motifs is 15. The Bertz CT molecular complexity index is 3220. The molecule has 0 saturated heterocycles. The third kappa shape index (κ3) is 3.82. The number of ether oxygens (including phenoxy) is 1. The minimum Gasteiger partial charge on any atom is -0.457 e. The third-order valence-corrected chi connectivity index (χ3v) is 12.9. The van der Waals surface area contributed by atoms with E-state index in [0.717, 1.165) is 29.1 Å². The Morgan fingerprint density at radius 1 is 0.536 bits per heavy atom. The van der Waals surface area contributed by atoms with E-state index in [1.165, 1.54) is 83.0 Å². The fourth-order valence-electron chi connectivity index (χ4n) is 10.6. The fourth-order valence-corrected chi connectivity index (χ4v) is 10.6. The molecule has 1 aromatic heterocycles. The largest absolute Gasteiger partial charge is 0.457 e. The van der Waals surface area contributed by atoms with Gasteiger partial charge in [0.1, 0.15) is 11.5 Å². The van der Waals surface area contributed by atoms with Crippen LogP contribution in [0, 0.1) is 0 Å². The first-order valence-electron chi connectivity index (χ1n) is 19.6. The number of rotatable bonds is 2. The molecule has 262 valence electrons. The van der Waals surface area contributed by atoms with Crippen molar-refractivity contribution in [1.82, 2.24) is 4.57 Å². The first-order valence-corrected chi connectivity index (χ1v) is 19.6. The van der Waals surface area contributed by atoms with Gasteiger partial charge in [-0.2, -0.15) is 0 Å². The van der Waals surface area contributed by atoms with Gasteiger partial charge in [-0.25, -0.2) is 0 Å². The van der Waals surface area contributed by atoms with Gasteiger partial charge in [0.25, 0.3) is 0 Å². The molecule has 3 aliphatic heterocycles. The molecular formula is C53H34N2O. The quantitative estimate of drug-likeness (QED) is 0.177. The Kier molecular flexibility index (Phi) is 5.94. The molecule has 9 aromatic rings. The second-order valence-corrected chi connectivity index (χ2v) is 15.6. The number of nitrogens with zero attached hydrogens (tertiary/aromatic N) is 2. The lowest BCUT2D eigenvalue weighted by Gasteiger charge is -2.48. The van der Waals surface area contributed by atoms with Gasteiger partial charge >= 0.3 is 0 Å². The Balaban J connectivity index is 1.07. The van der Waals surface area contributed by atoms with Gasteiger partial charge in [-0.1, -0.05) is 140 Å². The van der Waals surface area contributed by atoms with Crippen LogP contribution in [0.4, 0.5) is 11.4 Å². The van der Waals surface area contributed by atoms with Crippen LogP contribution in [0.2, 0.25) is 0 Å². The molecule has 0 bridgehead atoms. The monoisotopic (exact) mass is 714 g/mol. The molecule has 2 atom stereocenters. The first kappa shape index (κ1) is 30.3. The number of hydrogen-bond acceptors (Lipinski definition) is 2. The zero-order valence-electron chi connectivity index (χ0n) is 30.5. The van der Waals surface area contributed by atoms with Crippen LogP contribution in [0.1, 0.15) is 34.2 Å². The molecule has 4 heterocycles. The number of allylic oxidation sites excluding steroid dienone is 2. The van der Waals surface area contributed by atoms with Gasteiger partial charge in [0.15, 0.2) is 0 Å². The van der Waals surface area contributed by atoms with Crippen molar-refractivity contribution in [2.75, 3.05) is 4.90 Å². The zero-order valence-corrected chi connectivity index (χ0v) is 30.5. The van der Waals surface area contributed by atoms with E-state index in [2.05, 4.69) is 198 Å². The molecule has 0 amide bonds. The second kappa shape index (κ2) is 11.0. The van der Waals surface area contributed by atoms with E-state index < -0.39 is 5.41 Å². The minimum absolute atomic E-state index is 0.275. The highest BCUT2D eigenvalue weighted by Crippen LogP contribution is 2.65. The highest BCUT2D eigenvalue weighted by atomic mass is 16.5. The molecule has 0 radical (unpaired) electrons. The first-order chi connectivity index (χ1) is 27.8. The number of benzene rings is 8. The van der Waals surface area contributed by atoms with E-state index in [4.69, 9.17) is 4.74 Å². The van der Waals surface area contributed by atoms with Crippen LogP contribution >= 0.6 is 0 Å². The van der Waals surface area contributed by atoms with Gasteiger partial charge in [0.05, 0.1) is 28.2 Å². The predicted octanol–water partition coefficient (Wildman–Crippen LogP) is 13.3. The van der Waals surface area contributed by atoms with Crippen LogP contribution < -0.4 is 9.64 Å². The summed E-state index contributed by atoms with van der Waals surface area (Å²) in [4.78, 5) is 2.63. The van der Waals surface area contributed by atoms with Crippen LogP contribution in [0.3, 0.4) is 0 Å². The maximum Gasteiger partial charge on any atom is 0.134 e. The molecule has 0 saturated carbocycles. The summed E-state index contributed by atoms with van der Waals surface area (Å²) < 4.78 is 9.47. The molecule has 8 aromatic carbocycles. The third-order valence-electron chi connectivity index (χ3n) is 12.9. The summed E-state index contributed by atoms with van der Waals surface area (Å²) in [7, 11) is 0. The number of hydrogen-bond donors (Lipinski definition) is 0. The van der Waals surface area contributed by atoms with E-state index in [-0.39, 0.29) is 6.04 Å². The van der Waals surface area contributed by atoms with E-state index in [1.807, 2.05) is 0 Å². The number of para-hydroxylation sites is 4. The maximum atomic E-state index is 7.06. The molecule has 56 heavy (non-hydrogen) atoms. The van der Waals surface area contributed by atoms with E-state index in [1.54, 1.807) is 0 Å². The molecular weight excluding hydrogens is 681 g/mol. The minimum atomic E-state index is -0.594. The van der Waals surface area contributed by atoms with E-state index >= 15 is 0 Å². The van der Waals surface area contributed by atoms with Gasteiger partial charge in [0, 0.05) is 44.9 Å². The molecule has 4 aliphatic rings. The van der Waals surface area contributed by atoms with E-state index in [9.17, 15) is 0 Å². The van der Waals surface area contributed by atoms with Crippen LogP contribution in [0.5, 0.6) is 11.5 Å². The van der Waals surface area contributed by atoms with Crippen LogP contribution in [-0.2, 0) is 5.41 Å². The fraction of sp³-hybridized carbons (Fsp3) is 0.0566. The topological polar surface area (TPSA) is 17.4 Å². The number of aromatic nitrogens is 1. The average Bonchev–Trinajstić information content (AvgIpc) is 3.77. The second-order valence-electron chi connectivity index (χ2n) is 15.6. The Morgan fingerprint density at radius 2 is 1.30 bits per heavy atom. The SMILES string of the molecule is C1=CCC2C(=C1)c1cccc3c1N2c1ccccc1C31c2ccccc2Oc2cc3c(cc21)c1ccccc1n3-c1ccc(-c2ccc3ccccc3c2)cc1. The van der Waals surface area contributed by atoms with Crippen molar-refractivity contribution in [1.29, 1.82) is 0 Å². The molecule has 3 nitrogen and oxygen atoms in total. The van der Waals surface area contributed by atoms with Gasteiger partial charge in [0.2, 0.25) is 0 Å². The standard InChI is InChI=1S/C53H34N2O/c1-2-13-35-30-36(25-24-33(35)12-1)34-26-28-37(29-27-34)54-46-20-7-4-15-39(46)41-31-45-51(32-49(41)54)56-50-23-10-6-18-43(50)53(45)42-17-5-9-22-48(42)55-47-21-8-3-14-38(47)40-16-11-19-44(53)52(40)55/h1-20,22-32,47H,21H2. The summed E-state index contributed by atoms with van der Waals surface area (Å²) >= 11 is 0. The molecule has 0 N–H and O–H groups in total. The summed E-state index contributed by atoms with van der Waals surface area (Å²) in [5, 5.41) is 4.95. The molecule has 13 rings (SSSR count). The number of anilines is 2. The molecule has 3 heteroatoms. The normalized spacial score (nSPS) is 18.3. The smallest absolute Gasteiger partial charge is 0.134 e. The lowest BCUT2D eigenvalue weighted by molar-refractivity contribution is 0.434. The van der Waals surface area contributed by atoms with Crippen molar-refractivity contribution in [3.8, 4) is 28.3 Å². The summed E-state index contributed by atoms with van der Waals surface area (Å²) in [6, 6.07) is 63.0. The average molecular weight is 715 g/mol. The van der Waals surface area contributed by atoms with Crippen molar-refractivity contribution in [2.45, 2.75) is 17.9 Å². The lowest BCUT2D eigenvalue weighted by Crippen LogP contribution is -2.42. The highest BCUT2D eigenvalue weighted by molar-refractivity contribution is 6.11. The van der Waals surface area contributed by atoms with Crippen LogP contribution in [0.25, 0.3) is 55.0 Å². The van der Waals surface area contributed by atoms with Gasteiger partial charge in [-0.05, 0) is 87.5 Å². The van der Waals surface area contributed by atoms with Crippen molar-refractivity contribution in [3.05, 3.63) is 216 Å². The van der Waals surface area contributed by atoms with Gasteiger partial charge in [-0.3, -0.25) is 0 Å². The molecule has 1 spiro atoms.